The summed E-state index contributed by atoms with van der Waals surface area (Å²) >= 11 is 0. The van der Waals surface area contributed by atoms with E-state index in [0.717, 1.165) is 18.2 Å². The highest BCUT2D eigenvalue weighted by molar-refractivity contribution is 6.07. The molecule has 0 aliphatic rings. The molecule has 3 rings (SSSR count). The van der Waals surface area contributed by atoms with Gasteiger partial charge in [-0.05, 0) is 42.8 Å². The topological polar surface area (TPSA) is 82.2 Å². The number of carboxylic acids is 1. The first-order valence-electron chi connectivity index (χ1n) is 7.40. The maximum atomic E-state index is 13.7. The van der Waals surface area contributed by atoms with Crippen molar-refractivity contribution in [3.8, 4) is 0 Å². The number of hydrogen-bond acceptors (Lipinski definition) is 2. The molecule has 1 atom stereocenters. The molecule has 1 aromatic heterocycles. The van der Waals surface area contributed by atoms with E-state index >= 15 is 0 Å². The third-order valence-electron chi connectivity index (χ3n) is 4.08. The number of aliphatic carboxylic acids is 1. The summed E-state index contributed by atoms with van der Waals surface area (Å²) in [5.74, 6) is -3.23. The molecular formula is C18H14F2N2O3. The van der Waals surface area contributed by atoms with Gasteiger partial charge in [0.25, 0.3) is 5.91 Å². The average molecular weight is 344 g/mol. The second-order valence-corrected chi connectivity index (χ2v) is 5.79. The zero-order valence-electron chi connectivity index (χ0n) is 13.1. The highest BCUT2D eigenvalue weighted by Gasteiger charge is 2.37. The molecule has 1 amide bonds. The number of H-pyrrole nitrogens is 1. The van der Waals surface area contributed by atoms with Gasteiger partial charge in [0.2, 0.25) is 0 Å². The van der Waals surface area contributed by atoms with Gasteiger partial charge in [0.05, 0.1) is 11.1 Å². The molecule has 7 heteroatoms. The summed E-state index contributed by atoms with van der Waals surface area (Å²) in [6.45, 7) is 1.28. The monoisotopic (exact) mass is 344 g/mol. The van der Waals surface area contributed by atoms with Crippen LogP contribution in [0.25, 0.3) is 10.9 Å². The fourth-order valence-electron chi connectivity index (χ4n) is 2.64. The Balaban J connectivity index is 2.02. The van der Waals surface area contributed by atoms with E-state index in [0.29, 0.717) is 10.9 Å². The van der Waals surface area contributed by atoms with Crippen molar-refractivity contribution in [2.24, 2.45) is 0 Å². The molecule has 3 N–H and O–H groups in total. The van der Waals surface area contributed by atoms with E-state index in [-0.39, 0.29) is 11.1 Å². The van der Waals surface area contributed by atoms with Crippen LogP contribution in [0.3, 0.4) is 0 Å². The first kappa shape index (κ1) is 16.6. The molecule has 25 heavy (non-hydrogen) atoms. The molecule has 1 heterocycles. The number of amides is 1. The first-order chi connectivity index (χ1) is 11.8. The van der Waals surface area contributed by atoms with Crippen LogP contribution in [-0.2, 0) is 10.3 Å². The normalized spacial score (nSPS) is 13.4. The lowest BCUT2D eigenvalue weighted by Gasteiger charge is -2.27. The number of halogens is 2. The molecule has 128 valence electrons. The maximum Gasteiger partial charge on any atom is 0.333 e. The Morgan fingerprint density at radius 2 is 1.76 bits per heavy atom. The van der Waals surface area contributed by atoms with Gasteiger partial charge in [-0.3, -0.25) is 4.79 Å². The fraction of sp³-hybridized carbons (Fsp3) is 0.111. The van der Waals surface area contributed by atoms with Gasteiger partial charge in [0.1, 0.15) is 11.6 Å². The summed E-state index contributed by atoms with van der Waals surface area (Å²) in [6, 6.07) is 8.66. The van der Waals surface area contributed by atoms with E-state index in [9.17, 15) is 23.5 Å². The fourth-order valence-corrected chi connectivity index (χ4v) is 2.64. The number of carbonyl (C=O) groups is 2. The second-order valence-electron chi connectivity index (χ2n) is 5.79. The molecule has 2 aromatic carbocycles. The lowest BCUT2D eigenvalue weighted by atomic mass is 9.91. The zero-order valence-corrected chi connectivity index (χ0v) is 13.1. The molecule has 0 radical (unpaired) electrons. The van der Waals surface area contributed by atoms with Crippen LogP contribution < -0.4 is 5.32 Å². The van der Waals surface area contributed by atoms with Gasteiger partial charge in [-0.15, -0.1) is 0 Å². The van der Waals surface area contributed by atoms with Crippen molar-refractivity contribution in [2.45, 2.75) is 12.5 Å². The predicted molar refractivity (Wildman–Crippen MR) is 87.1 cm³/mol. The SMILES string of the molecule is CC(NC(=O)c1cc(F)cc2cc[nH]c12)(C(=O)O)c1ccc(F)cc1. The Morgan fingerprint density at radius 3 is 2.40 bits per heavy atom. The van der Waals surface area contributed by atoms with Crippen LogP contribution in [0.2, 0.25) is 0 Å². The van der Waals surface area contributed by atoms with Crippen molar-refractivity contribution < 1.29 is 23.5 Å². The van der Waals surface area contributed by atoms with Crippen LogP contribution in [0.1, 0.15) is 22.8 Å². The van der Waals surface area contributed by atoms with Crippen molar-refractivity contribution in [2.75, 3.05) is 0 Å². The molecule has 0 saturated carbocycles. The van der Waals surface area contributed by atoms with E-state index < -0.39 is 29.0 Å². The summed E-state index contributed by atoms with van der Waals surface area (Å²) in [5, 5.41) is 12.5. The van der Waals surface area contributed by atoms with Gasteiger partial charge in [-0.2, -0.15) is 0 Å². The summed E-state index contributed by atoms with van der Waals surface area (Å²) in [5.41, 5.74) is -1.25. The van der Waals surface area contributed by atoms with Crippen LogP contribution in [0, 0.1) is 11.6 Å². The van der Waals surface area contributed by atoms with E-state index in [1.54, 1.807) is 12.3 Å². The Labute approximate surface area is 141 Å². The minimum absolute atomic E-state index is 0.0189. The molecule has 0 fully saturated rings. The van der Waals surface area contributed by atoms with Crippen LogP contribution in [0.5, 0.6) is 0 Å². The number of carbonyl (C=O) groups excluding carboxylic acids is 1. The Morgan fingerprint density at radius 1 is 1.08 bits per heavy atom. The van der Waals surface area contributed by atoms with Gasteiger partial charge < -0.3 is 15.4 Å². The van der Waals surface area contributed by atoms with Crippen molar-refractivity contribution in [3.63, 3.8) is 0 Å². The van der Waals surface area contributed by atoms with E-state index in [2.05, 4.69) is 10.3 Å². The van der Waals surface area contributed by atoms with Gasteiger partial charge in [-0.1, -0.05) is 12.1 Å². The van der Waals surface area contributed by atoms with Gasteiger partial charge in [0.15, 0.2) is 5.54 Å². The minimum atomic E-state index is -1.81. The predicted octanol–water partition coefficient (Wildman–Crippen LogP) is 3.18. The third kappa shape index (κ3) is 2.96. The highest BCUT2D eigenvalue weighted by atomic mass is 19.1. The average Bonchev–Trinajstić information content (AvgIpc) is 3.02. The molecule has 1 unspecified atom stereocenters. The van der Waals surface area contributed by atoms with Crippen LogP contribution in [-0.4, -0.2) is 22.0 Å². The lowest BCUT2D eigenvalue weighted by Crippen LogP contribution is -2.49. The van der Waals surface area contributed by atoms with Crippen LogP contribution in [0.4, 0.5) is 8.78 Å². The first-order valence-corrected chi connectivity index (χ1v) is 7.40. The quantitative estimate of drug-likeness (QED) is 0.680. The largest absolute Gasteiger partial charge is 0.479 e. The van der Waals surface area contributed by atoms with E-state index in [1.807, 2.05) is 0 Å². The molecular weight excluding hydrogens is 330 g/mol. The van der Waals surface area contributed by atoms with Gasteiger partial charge >= 0.3 is 5.97 Å². The molecule has 0 bridgehead atoms. The van der Waals surface area contributed by atoms with E-state index in [1.165, 1.54) is 25.1 Å². The van der Waals surface area contributed by atoms with Crippen molar-refractivity contribution in [3.05, 3.63) is 71.4 Å². The molecule has 0 aliphatic heterocycles. The van der Waals surface area contributed by atoms with Gasteiger partial charge in [-0.25, -0.2) is 13.6 Å². The van der Waals surface area contributed by atoms with Gasteiger partial charge in [0, 0.05) is 11.6 Å². The summed E-state index contributed by atoms with van der Waals surface area (Å²) < 4.78 is 26.8. The molecule has 0 spiro atoms. The molecule has 0 aliphatic carbocycles. The minimum Gasteiger partial charge on any atom is -0.479 e. The summed E-state index contributed by atoms with van der Waals surface area (Å²) in [6.07, 6.45) is 1.55. The third-order valence-corrected chi connectivity index (χ3v) is 4.08. The Kier molecular flexibility index (Phi) is 4.00. The van der Waals surface area contributed by atoms with Crippen molar-refractivity contribution in [1.29, 1.82) is 0 Å². The molecule has 0 saturated heterocycles. The summed E-state index contributed by atoms with van der Waals surface area (Å²) in [7, 11) is 0. The smallest absolute Gasteiger partial charge is 0.333 e. The number of carboxylic acid groups (broad SMARTS) is 1. The standard InChI is InChI=1S/C18H14F2N2O3/c1-18(17(24)25,11-2-4-12(19)5-3-11)22-16(23)14-9-13(20)8-10-6-7-21-15(10)14/h2-9,21H,1H3,(H,22,23)(H,24,25). The molecule has 3 aromatic rings. The van der Waals surface area contributed by atoms with Crippen LogP contribution in [0.15, 0.2) is 48.7 Å². The lowest BCUT2D eigenvalue weighted by molar-refractivity contribution is -0.144. The van der Waals surface area contributed by atoms with Crippen molar-refractivity contribution >= 4 is 22.8 Å². The maximum absolute atomic E-state index is 13.7. The summed E-state index contributed by atoms with van der Waals surface area (Å²) in [4.78, 5) is 27.2. The number of aromatic nitrogens is 1. The highest BCUT2D eigenvalue weighted by Crippen LogP contribution is 2.24. The Bertz CT molecular complexity index is 966. The number of nitrogens with one attached hydrogen (secondary N) is 2. The van der Waals surface area contributed by atoms with Crippen molar-refractivity contribution in [1.82, 2.24) is 10.3 Å². The van der Waals surface area contributed by atoms with Crippen LogP contribution >= 0.6 is 0 Å². The number of aromatic amines is 1. The number of benzene rings is 2. The van der Waals surface area contributed by atoms with E-state index in [4.69, 9.17) is 0 Å². The second kappa shape index (κ2) is 6.01. The number of rotatable bonds is 4. The zero-order chi connectivity index (χ0) is 18.2. The Hall–Kier alpha value is -3.22. The number of fused-ring (bicyclic) bond motifs is 1. The molecule has 5 nitrogen and oxygen atoms in total. The number of hydrogen-bond donors (Lipinski definition) is 3.